The van der Waals surface area contributed by atoms with Crippen molar-refractivity contribution < 1.29 is 0 Å². The van der Waals surface area contributed by atoms with Gasteiger partial charge in [0.2, 0.25) is 0 Å². The minimum atomic E-state index is 0.682. The highest BCUT2D eigenvalue weighted by atomic mass is 15.1. The van der Waals surface area contributed by atoms with E-state index < -0.39 is 0 Å². The van der Waals surface area contributed by atoms with Gasteiger partial charge < -0.3 is 4.57 Å². The number of nitrogens with zero attached hydrogens (tertiary/aromatic N) is 4. The topological polar surface area (TPSA) is 35.6 Å². The zero-order valence-electron chi connectivity index (χ0n) is 32.4. The third kappa shape index (κ3) is 4.79. The molecule has 13 rings (SSSR count). The summed E-state index contributed by atoms with van der Waals surface area (Å²) in [5, 5.41) is 13.1. The molecule has 0 aliphatic rings. The molecular weight excluding hydrogens is 729 g/mol. The van der Waals surface area contributed by atoms with E-state index in [1.165, 1.54) is 59.4 Å². The van der Waals surface area contributed by atoms with E-state index >= 15 is 0 Å². The Balaban J connectivity index is 1.15. The Hall–Kier alpha value is -8.08. The highest BCUT2D eigenvalue weighted by molar-refractivity contribution is 6.18. The second-order valence-electron chi connectivity index (χ2n) is 15.8. The van der Waals surface area contributed by atoms with Gasteiger partial charge in [-0.1, -0.05) is 146 Å². The number of hydrogen-bond donors (Lipinski definition) is 0. The molecule has 0 saturated carbocycles. The Kier molecular flexibility index (Phi) is 6.98. The van der Waals surface area contributed by atoms with Gasteiger partial charge >= 0.3 is 0 Å². The first-order valence-electron chi connectivity index (χ1n) is 20.5. The minimum absolute atomic E-state index is 0.682. The predicted molar refractivity (Wildman–Crippen MR) is 252 cm³/mol. The highest BCUT2D eigenvalue weighted by Gasteiger charge is 2.22. The van der Waals surface area contributed by atoms with Gasteiger partial charge in [-0.25, -0.2) is 9.97 Å². The SMILES string of the molecule is c1ccc(-n2c3ccccc3c3cccc(-c4nc(-n5c6cc(-c7cc8ccccc8c8ccccc78)ccc6c6cc7ccccc7cc65)c5ccccc5n4)c32)cc1. The van der Waals surface area contributed by atoms with Crippen LogP contribution < -0.4 is 0 Å². The van der Waals surface area contributed by atoms with Gasteiger partial charge in [-0.3, -0.25) is 4.57 Å². The average molecular weight is 763 g/mol. The van der Waals surface area contributed by atoms with Gasteiger partial charge in [0.15, 0.2) is 5.82 Å². The molecule has 0 fully saturated rings. The molecule has 10 aromatic carbocycles. The second kappa shape index (κ2) is 12.7. The number of benzene rings is 10. The van der Waals surface area contributed by atoms with Crippen LogP contribution >= 0.6 is 0 Å². The van der Waals surface area contributed by atoms with Crippen molar-refractivity contribution in [3.05, 3.63) is 206 Å². The van der Waals surface area contributed by atoms with Gasteiger partial charge in [-0.05, 0) is 104 Å². The lowest BCUT2D eigenvalue weighted by molar-refractivity contribution is 1.07. The Morgan fingerprint density at radius 1 is 0.317 bits per heavy atom. The summed E-state index contributed by atoms with van der Waals surface area (Å²) in [5.41, 5.74) is 9.78. The number of hydrogen-bond acceptors (Lipinski definition) is 2. The summed E-state index contributed by atoms with van der Waals surface area (Å²) in [4.78, 5) is 11.1. The predicted octanol–water partition coefficient (Wildman–Crippen LogP) is 14.6. The van der Waals surface area contributed by atoms with Crippen molar-refractivity contribution in [2.75, 3.05) is 0 Å². The highest BCUT2D eigenvalue weighted by Crippen LogP contribution is 2.42. The lowest BCUT2D eigenvalue weighted by Gasteiger charge is -2.15. The van der Waals surface area contributed by atoms with Crippen molar-refractivity contribution in [1.82, 2.24) is 19.1 Å². The zero-order chi connectivity index (χ0) is 39.3. The molecule has 0 aliphatic carbocycles. The van der Waals surface area contributed by atoms with Gasteiger partial charge in [-0.2, -0.15) is 0 Å². The lowest BCUT2D eigenvalue weighted by Crippen LogP contribution is -2.04. The van der Waals surface area contributed by atoms with E-state index in [9.17, 15) is 0 Å². The molecule has 0 spiro atoms. The second-order valence-corrected chi connectivity index (χ2v) is 15.8. The summed E-state index contributed by atoms with van der Waals surface area (Å²) >= 11 is 0. The first kappa shape index (κ1) is 32.9. The van der Waals surface area contributed by atoms with Crippen LogP contribution in [0.2, 0.25) is 0 Å². The molecule has 4 heteroatoms. The average Bonchev–Trinajstić information content (AvgIpc) is 3.82. The number of aromatic nitrogens is 4. The molecule has 0 amide bonds. The number of para-hydroxylation sites is 4. The molecule has 0 atom stereocenters. The summed E-state index contributed by atoms with van der Waals surface area (Å²) in [6.45, 7) is 0. The van der Waals surface area contributed by atoms with Gasteiger partial charge in [0.1, 0.15) is 5.82 Å². The summed E-state index contributed by atoms with van der Waals surface area (Å²) < 4.78 is 4.76. The normalized spacial score (nSPS) is 12.0. The van der Waals surface area contributed by atoms with Gasteiger partial charge in [0.05, 0.1) is 27.6 Å². The van der Waals surface area contributed by atoms with E-state index in [1.807, 2.05) is 0 Å². The maximum Gasteiger partial charge on any atom is 0.164 e. The molecule has 0 radical (unpaired) electrons. The van der Waals surface area contributed by atoms with Gasteiger partial charge in [0.25, 0.3) is 0 Å². The molecule has 0 aliphatic heterocycles. The van der Waals surface area contributed by atoms with Crippen molar-refractivity contribution in [1.29, 1.82) is 0 Å². The molecular formula is C56H34N4. The standard InChI is InChI=1S/C56H34N4/c1-2-18-39(19-3-1)59-51-28-13-11-23-43(51)45-25-14-26-47(54(45)59)55-57-50-27-12-10-24-46(50)56(58-55)60-52-34-38(29-30-44(52)49-31-35-15-4-5-16-36(35)33-53(49)60)48-32-37-17-6-7-20-40(37)41-21-8-9-22-42(41)48/h1-34H. The molecule has 0 unspecified atom stereocenters. The molecule has 0 bridgehead atoms. The van der Waals surface area contributed by atoms with Crippen LogP contribution in [0.25, 0.3) is 121 Å². The van der Waals surface area contributed by atoms with Gasteiger partial charge in [0, 0.05) is 38.2 Å². The summed E-state index contributed by atoms with van der Waals surface area (Å²) in [6.07, 6.45) is 0. The fraction of sp³-hybridized carbons (Fsp3) is 0. The third-order valence-electron chi connectivity index (χ3n) is 12.5. The maximum atomic E-state index is 5.68. The zero-order valence-corrected chi connectivity index (χ0v) is 32.4. The van der Waals surface area contributed by atoms with E-state index in [4.69, 9.17) is 9.97 Å². The quantitative estimate of drug-likeness (QED) is 0.167. The molecule has 60 heavy (non-hydrogen) atoms. The largest absolute Gasteiger partial charge is 0.309 e. The Bertz CT molecular complexity index is 3890. The van der Waals surface area contributed by atoms with Crippen LogP contribution in [-0.2, 0) is 0 Å². The van der Waals surface area contributed by atoms with Crippen LogP contribution in [0.4, 0.5) is 0 Å². The van der Waals surface area contributed by atoms with E-state index in [2.05, 4.69) is 215 Å². The number of fused-ring (bicyclic) bond motifs is 11. The van der Waals surface area contributed by atoms with E-state index in [-0.39, 0.29) is 0 Å². The summed E-state index contributed by atoms with van der Waals surface area (Å²) in [7, 11) is 0. The van der Waals surface area contributed by atoms with E-state index in [0.717, 1.165) is 55.6 Å². The monoisotopic (exact) mass is 762 g/mol. The maximum absolute atomic E-state index is 5.68. The van der Waals surface area contributed by atoms with Crippen LogP contribution in [0.15, 0.2) is 206 Å². The molecule has 3 aromatic heterocycles. The van der Waals surface area contributed by atoms with Gasteiger partial charge in [-0.15, -0.1) is 0 Å². The Morgan fingerprint density at radius 3 is 1.80 bits per heavy atom. The fourth-order valence-electron chi connectivity index (χ4n) is 9.79. The van der Waals surface area contributed by atoms with Crippen LogP contribution in [0.3, 0.4) is 0 Å². The first-order valence-corrected chi connectivity index (χ1v) is 20.5. The Labute approximate surface area is 344 Å². The van der Waals surface area contributed by atoms with Crippen molar-refractivity contribution in [3.63, 3.8) is 0 Å². The van der Waals surface area contributed by atoms with Crippen molar-refractivity contribution in [2.24, 2.45) is 0 Å². The smallest absolute Gasteiger partial charge is 0.164 e. The molecule has 0 saturated heterocycles. The van der Waals surface area contributed by atoms with E-state index in [0.29, 0.717) is 5.82 Å². The van der Waals surface area contributed by atoms with Crippen molar-refractivity contribution in [3.8, 4) is 34.0 Å². The molecule has 13 aromatic rings. The lowest BCUT2D eigenvalue weighted by atomic mass is 9.93. The summed E-state index contributed by atoms with van der Waals surface area (Å²) in [6, 6.07) is 74.4. The molecule has 3 heterocycles. The third-order valence-corrected chi connectivity index (χ3v) is 12.5. The Morgan fingerprint density at radius 2 is 0.950 bits per heavy atom. The van der Waals surface area contributed by atoms with Crippen LogP contribution in [0, 0.1) is 0 Å². The fourth-order valence-corrected chi connectivity index (χ4v) is 9.79. The first-order chi connectivity index (χ1) is 29.8. The van der Waals surface area contributed by atoms with Crippen molar-refractivity contribution >= 4 is 86.8 Å². The van der Waals surface area contributed by atoms with Crippen LogP contribution in [0.5, 0.6) is 0 Å². The van der Waals surface area contributed by atoms with Crippen LogP contribution in [0.1, 0.15) is 0 Å². The number of rotatable bonds is 4. The summed E-state index contributed by atoms with van der Waals surface area (Å²) in [5.74, 6) is 1.53. The molecule has 4 nitrogen and oxygen atoms in total. The van der Waals surface area contributed by atoms with E-state index in [1.54, 1.807) is 0 Å². The molecule has 278 valence electrons. The van der Waals surface area contributed by atoms with Crippen molar-refractivity contribution in [2.45, 2.75) is 0 Å². The minimum Gasteiger partial charge on any atom is -0.309 e. The molecule has 0 N–H and O–H groups in total. The van der Waals surface area contributed by atoms with Crippen LogP contribution in [-0.4, -0.2) is 19.1 Å².